The molecule has 12 heavy (non-hydrogen) atoms. The molecule has 0 aromatic heterocycles. The van der Waals surface area contributed by atoms with Crippen molar-refractivity contribution in [2.45, 2.75) is 44.6 Å². The lowest BCUT2D eigenvalue weighted by atomic mass is 9.97. The molecule has 0 heterocycles. The molecule has 1 aliphatic carbocycles. The van der Waals surface area contributed by atoms with Crippen LogP contribution in [0.15, 0.2) is 0 Å². The Labute approximate surface area is 72.3 Å². The van der Waals surface area contributed by atoms with Crippen LogP contribution in [-0.4, -0.2) is 19.0 Å². The Morgan fingerprint density at radius 1 is 1.17 bits per heavy atom. The van der Waals surface area contributed by atoms with Gasteiger partial charge in [-0.05, 0) is 12.8 Å². The average Bonchev–Trinajstić information content (AvgIpc) is 2.07. The molecule has 1 aliphatic rings. The second kappa shape index (κ2) is 7.43. The van der Waals surface area contributed by atoms with Crippen LogP contribution in [0.2, 0.25) is 0 Å². The van der Waals surface area contributed by atoms with Crippen molar-refractivity contribution in [3.8, 4) is 0 Å². The SMILES string of the molecule is NC1CCCCC1.NCC(F)F. The summed E-state index contributed by atoms with van der Waals surface area (Å²) in [5.74, 6) is 0. The zero-order valence-electron chi connectivity index (χ0n) is 7.31. The Kier molecular flexibility index (Phi) is 7.29. The van der Waals surface area contributed by atoms with Crippen molar-refractivity contribution in [1.82, 2.24) is 0 Å². The highest BCUT2D eigenvalue weighted by Crippen LogP contribution is 2.14. The summed E-state index contributed by atoms with van der Waals surface area (Å²) in [4.78, 5) is 0. The minimum atomic E-state index is -2.34. The van der Waals surface area contributed by atoms with Crippen LogP contribution < -0.4 is 11.5 Å². The molecule has 2 nitrogen and oxygen atoms in total. The van der Waals surface area contributed by atoms with Gasteiger partial charge in [-0.15, -0.1) is 0 Å². The van der Waals surface area contributed by atoms with E-state index in [1.165, 1.54) is 32.1 Å². The molecule has 1 saturated carbocycles. The van der Waals surface area contributed by atoms with Gasteiger partial charge in [0.2, 0.25) is 0 Å². The Morgan fingerprint density at radius 2 is 1.58 bits per heavy atom. The number of nitrogens with two attached hydrogens (primary N) is 2. The minimum absolute atomic E-state index is 0.528. The van der Waals surface area contributed by atoms with Gasteiger partial charge in [0.1, 0.15) is 0 Å². The number of rotatable bonds is 1. The minimum Gasteiger partial charge on any atom is -0.328 e. The molecule has 0 aromatic rings. The fraction of sp³-hybridized carbons (Fsp3) is 1.00. The van der Waals surface area contributed by atoms with E-state index in [4.69, 9.17) is 5.73 Å². The molecular formula is C8H18F2N2. The second-order valence-electron chi connectivity index (χ2n) is 3.02. The third-order valence-electron chi connectivity index (χ3n) is 1.83. The van der Waals surface area contributed by atoms with Crippen LogP contribution in [0.5, 0.6) is 0 Å². The molecule has 0 radical (unpaired) electrons. The standard InChI is InChI=1S/C6H13N.C2H5F2N/c7-6-4-2-1-3-5-6;3-2(4)1-5/h6H,1-5,7H2;2H,1,5H2. The Balaban J connectivity index is 0.000000217. The van der Waals surface area contributed by atoms with Crippen molar-refractivity contribution in [3.63, 3.8) is 0 Å². The quantitative estimate of drug-likeness (QED) is 0.642. The first-order valence-electron chi connectivity index (χ1n) is 4.40. The van der Waals surface area contributed by atoms with Gasteiger partial charge in [0, 0.05) is 6.04 Å². The summed E-state index contributed by atoms with van der Waals surface area (Å²) >= 11 is 0. The molecule has 0 unspecified atom stereocenters. The maximum Gasteiger partial charge on any atom is 0.250 e. The summed E-state index contributed by atoms with van der Waals surface area (Å²) in [5, 5.41) is 0. The lowest BCUT2D eigenvalue weighted by Crippen LogP contribution is -2.22. The lowest BCUT2D eigenvalue weighted by molar-refractivity contribution is 0.158. The molecule has 1 rings (SSSR count). The van der Waals surface area contributed by atoms with E-state index in [9.17, 15) is 8.78 Å². The van der Waals surface area contributed by atoms with Crippen LogP contribution in [0.1, 0.15) is 32.1 Å². The first-order valence-corrected chi connectivity index (χ1v) is 4.40. The van der Waals surface area contributed by atoms with Crippen LogP contribution >= 0.6 is 0 Å². The predicted molar refractivity (Wildman–Crippen MR) is 46.1 cm³/mol. The average molecular weight is 180 g/mol. The largest absolute Gasteiger partial charge is 0.328 e. The van der Waals surface area contributed by atoms with E-state index in [-0.39, 0.29) is 0 Å². The number of alkyl halides is 2. The molecule has 74 valence electrons. The molecule has 4 heteroatoms. The molecule has 1 fully saturated rings. The van der Waals surface area contributed by atoms with Crippen LogP contribution in [-0.2, 0) is 0 Å². The van der Waals surface area contributed by atoms with Crippen LogP contribution in [0.3, 0.4) is 0 Å². The maximum absolute atomic E-state index is 10.6. The van der Waals surface area contributed by atoms with Gasteiger partial charge in [0.05, 0.1) is 6.54 Å². The number of halogens is 2. The molecule has 0 atom stereocenters. The van der Waals surface area contributed by atoms with Gasteiger partial charge in [-0.3, -0.25) is 0 Å². The highest BCUT2D eigenvalue weighted by atomic mass is 19.3. The van der Waals surface area contributed by atoms with E-state index in [2.05, 4.69) is 5.73 Å². The lowest BCUT2D eigenvalue weighted by Gasteiger charge is -2.15. The molecule has 0 aliphatic heterocycles. The normalized spacial score (nSPS) is 18.8. The predicted octanol–water partition coefficient (Wildman–Crippen LogP) is 1.49. The van der Waals surface area contributed by atoms with Crippen molar-refractivity contribution in [2.24, 2.45) is 11.5 Å². The van der Waals surface area contributed by atoms with E-state index in [0.717, 1.165) is 0 Å². The molecule has 0 spiro atoms. The number of hydrogen-bond acceptors (Lipinski definition) is 2. The van der Waals surface area contributed by atoms with Crippen LogP contribution in [0, 0.1) is 0 Å². The van der Waals surface area contributed by atoms with E-state index in [1.807, 2.05) is 0 Å². The van der Waals surface area contributed by atoms with Gasteiger partial charge in [-0.25, -0.2) is 8.78 Å². The highest BCUT2D eigenvalue weighted by Gasteiger charge is 2.06. The summed E-state index contributed by atoms with van der Waals surface area (Å²) in [6, 6.07) is 0.536. The van der Waals surface area contributed by atoms with Crippen LogP contribution in [0.25, 0.3) is 0 Å². The van der Waals surface area contributed by atoms with Crippen molar-refractivity contribution in [1.29, 1.82) is 0 Å². The first-order chi connectivity index (χ1) is 5.66. The first kappa shape index (κ1) is 11.8. The van der Waals surface area contributed by atoms with Gasteiger partial charge in [-0.1, -0.05) is 19.3 Å². The zero-order valence-corrected chi connectivity index (χ0v) is 7.31. The van der Waals surface area contributed by atoms with E-state index >= 15 is 0 Å². The molecule has 4 N–H and O–H groups in total. The molecule has 0 aromatic carbocycles. The van der Waals surface area contributed by atoms with Gasteiger partial charge in [0.25, 0.3) is 6.43 Å². The van der Waals surface area contributed by atoms with Crippen LogP contribution in [0.4, 0.5) is 8.78 Å². The topological polar surface area (TPSA) is 52.0 Å². The summed E-state index contributed by atoms with van der Waals surface area (Å²) in [6.45, 7) is -0.528. The highest BCUT2D eigenvalue weighted by molar-refractivity contribution is 4.66. The molecule has 0 amide bonds. The van der Waals surface area contributed by atoms with Gasteiger partial charge in [-0.2, -0.15) is 0 Å². The van der Waals surface area contributed by atoms with Gasteiger partial charge >= 0.3 is 0 Å². The Morgan fingerprint density at radius 3 is 1.75 bits per heavy atom. The Hall–Kier alpha value is -0.220. The second-order valence-corrected chi connectivity index (χ2v) is 3.02. The number of hydrogen-bond donors (Lipinski definition) is 2. The summed E-state index contributed by atoms with van der Waals surface area (Å²) in [6.07, 6.45) is 4.32. The van der Waals surface area contributed by atoms with Gasteiger partial charge in [0.15, 0.2) is 0 Å². The third kappa shape index (κ3) is 7.88. The van der Waals surface area contributed by atoms with Gasteiger partial charge < -0.3 is 11.5 Å². The zero-order chi connectivity index (χ0) is 9.40. The van der Waals surface area contributed by atoms with Crippen molar-refractivity contribution >= 4 is 0 Å². The van der Waals surface area contributed by atoms with E-state index in [1.54, 1.807) is 0 Å². The maximum atomic E-state index is 10.6. The summed E-state index contributed by atoms with van der Waals surface area (Å²) in [7, 11) is 0. The van der Waals surface area contributed by atoms with Crippen molar-refractivity contribution in [3.05, 3.63) is 0 Å². The molecule has 0 saturated heterocycles. The fourth-order valence-electron chi connectivity index (χ4n) is 1.13. The van der Waals surface area contributed by atoms with E-state index < -0.39 is 13.0 Å². The van der Waals surface area contributed by atoms with E-state index in [0.29, 0.717) is 6.04 Å². The smallest absolute Gasteiger partial charge is 0.250 e. The summed E-state index contributed by atoms with van der Waals surface area (Å²) < 4.78 is 21.3. The fourth-order valence-corrected chi connectivity index (χ4v) is 1.13. The monoisotopic (exact) mass is 180 g/mol. The summed E-state index contributed by atoms with van der Waals surface area (Å²) in [5.41, 5.74) is 10.1. The van der Waals surface area contributed by atoms with Crippen molar-refractivity contribution < 1.29 is 8.78 Å². The third-order valence-corrected chi connectivity index (χ3v) is 1.83. The van der Waals surface area contributed by atoms with Crippen molar-refractivity contribution in [2.75, 3.05) is 6.54 Å². The molecular weight excluding hydrogens is 162 g/mol. The Bertz CT molecular complexity index is 93.1. The molecule has 0 bridgehead atoms.